The van der Waals surface area contributed by atoms with E-state index >= 15 is 0 Å². The number of epoxide rings is 1. The van der Waals surface area contributed by atoms with E-state index in [1.807, 2.05) is 6.92 Å². The fraction of sp³-hybridized carbons (Fsp3) is 0.636. The molecule has 4 nitrogen and oxygen atoms in total. The standard InChI is InChI=1S/C11H16O4/c1-9-11(14-6-5-13-9)3-2-4-12-7-10-8-15-10/h5-6,10H,2-4,7-8H2,1H3. The lowest BCUT2D eigenvalue weighted by atomic mass is 10.2. The van der Waals surface area contributed by atoms with Crippen LogP contribution in [0.4, 0.5) is 0 Å². The van der Waals surface area contributed by atoms with Gasteiger partial charge in [0.1, 0.15) is 30.1 Å². The molecule has 0 bridgehead atoms. The third-order valence-electron chi connectivity index (χ3n) is 2.30. The van der Waals surface area contributed by atoms with Gasteiger partial charge in [0.25, 0.3) is 0 Å². The van der Waals surface area contributed by atoms with Gasteiger partial charge in [-0.25, -0.2) is 0 Å². The first kappa shape index (κ1) is 10.5. The number of hydrogen-bond donors (Lipinski definition) is 0. The maximum Gasteiger partial charge on any atom is 0.141 e. The van der Waals surface area contributed by atoms with Crippen molar-refractivity contribution in [2.75, 3.05) is 19.8 Å². The van der Waals surface area contributed by atoms with Crippen LogP contribution in [-0.4, -0.2) is 25.9 Å². The van der Waals surface area contributed by atoms with Crippen LogP contribution in [0.5, 0.6) is 0 Å². The Bertz CT molecular complexity index is 266. The van der Waals surface area contributed by atoms with Crippen LogP contribution in [0.2, 0.25) is 0 Å². The van der Waals surface area contributed by atoms with Crippen LogP contribution in [0.3, 0.4) is 0 Å². The first-order valence-electron chi connectivity index (χ1n) is 5.23. The van der Waals surface area contributed by atoms with Crippen molar-refractivity contribution >= 4 is 0 Å². The van der Waals surface area contributed by atoms with Gasteiger partial charge in [0, 0.05) is 13.0 Å². The van der Waals surface area contributed by atoms with Gasteiger partial charge in [0.05, 0.1) is 13.2 Å². The summed E-state index contributed by atoms with van der Waals surface area (Å²) in [6, 6.07) is 0. The van der Waals surface area contributed by atoms with Gasteiger partial charge in [-0.1, -0.05) is 0 Å². The van der Waals surface area contributed by atoms with Crippen molar-refractivity contribution in [3.05, 3.63) is 24.0 Å². The molecule has 2 aliphatic rings. The van der Waals surface area contributed by atoms with Crippen LogP contribution in [0.1, 0.15) is 19.8 Å². The highest BCUT2D eigenvalue weighted by atomic mass is 16.6. The molecule has 15 heavy (non-hydrogen) atoms. The number of hydrogen-bond acceptors (Lipinski definition) is 4. The lowest BCUT2D eigenvalue weighted by Crippen LogP contribution is -2.04. The van der Waals surface area contributed by atoms with Gasteiger partial charge < -0.3 is 18.9 Å². The molecule has 0 spiro atoms. The molecule has 84 valence electrons. The monoisotopic (exact) mass is 212 g/mol. The molecule has 1 atom stereocenters. The van der Waals surface area contributed by atoms with Gasteiger partial charge >= 0.3 is 0 Å². The molecule has 4 heteroatoms. The molecular formula is C11H16O4. The van der Waals surface area contributed by atoms with Crippen molar-refractivity contribution in [3.8, 4) is 0 Å². The van der Waals surface area contributed by atoms with Gasteiger partial charge in [0.15, 0.2) is 0 Å². The second-order valence-electron chi connectivity index (χ2n) is 3.62. The van der Waals surface area contributed by atoms with Crippen molar-refractivity contribution in [2.45, 2.75) is 25.9 Å². The lowest BCUT2D eigenvalue weighted by Gasteiger charge is -2.14. The van der Waals surface area contributed by atoms with Crippen molar-refractivity contribution in [1.82, 2.24) is 0 Å². The molecular weight excluding hydrogens is 196 g/mol. The van der Waals surface area contributed by atoms with Gasteiger partial charge in [-0.3, -0.25) is 0 Å². The van der Waals surface area contributed by atoms with E-state index in [9.17, 15) is 0 Å². The summed E-state index contributed by atoms with van der Waals surface area (Å²) in [6.07, 6.45) is 5.24. The molecule has 0 radical (unpaired) electrons. The Morgan fingerprint density at radius 3 is 2.93 bits per heavy atom. The van der Waals surface area contributed by atoms with Gasteiger partial charge in [0.2, 0.25) is 0 Å². The predicted molar refractivity (Wildman–Crippen MR) is 53.8 cm³/mol. The summed E-state index contributed by atoms with van der Waals surface area (Å²) in [5.41, 5.74) is 0. The van der Waals surface area contributed by atoms with Crippen LogP contribution in [-0.2, 0) is 18.9 Å². The summed E-state index contributed by atoms with van der Waals surface area (Å²) < 4.78 is 21.0. The Kier molecular flexibility index (Phi) is 3.64. The van der Waals surface area contributed by atoms with E-state index in [4.69, 9.17) is 18.9 Å². The number of allylic oxidation sites excluding steroid dienone is 2. The highest BCUT2D eigenvalue weighted by molar-refractivity contribution is 5.04. The largest absolute Gasteiger partial charge is 0.463 e. The van der Waals surface area contributed by atoms with Gasteiger partial charge in [-0.05, 0) is 13.3 Å². The zero-order valence-corrected chi connectivity index (χ0v) is 8.90. The van der Waals surface area contributed by atoms with Gasteiger partial charge in [-0.15, -0.1) is 0 Å². The van der Waals surface area contributed by atoms with Crippen molar-refractivity contribution in [1.29, 1.82) is 0 Å². The van der Waals surface area contributed by atoms with Crippen molar-refractivity contribution in [3.63, 3.8) is 0 Å². The summed E-state index contributed by atoms with van der Waals surface area (Å²) >= 11 is 0. The Labute approximate surface area is 89.5 Å². The highest BCUT2D eigenvalue weighted by Gasteiger charge is 2.22. The Hall–Kier alpha value is -1.00. The Morgan fingerprint density at radius 2 is 2.20 bits per heavy atom. The van der Waals surface area contributed by atoms with E-state index < -0.39 is 0 Å². The normalized spacial score (nSPS) is 23.7. The fourth-order valence-corrected chi connectivity index (χ4v) is 1.34. The van der Waals surface area contributed by atoms with E-state index in [1.165, 1.54) is 0 Å². The molecule has 1 fully saturated rings. The molecule has 0 amide bonds. The van der Waals surface area contributed by atoms with Crippen LogP contribution in [0.15, 0.2) is 24.0 Å². The molecule has 2 rings (SSSR count). The minimum absolute atomic E-state index is 0.350. The van der Waals surface area contributed by atoms with Gasteiger partial charge in [-0.2, -0.15) is 0 Å². The van der Waals surface area contributed by atoms with Crippen LogP contribution < -0.4 is 0 Å². The van der Waals surface area contributed by atoms with Crippen LogP contribution >= 0.6 is 0 Å². The maximum absolute atomic E-state index is 5.42. The average molecular weight is 212 g/mol. The maximum atomic E-state index is 5.42. The molecule has 0 aromatic carbocycles. The second-order valence-corrected chi connectivity index (χ2v) is 3.62. The summed E-state index contributed by atoms with van der Waals surface area (Å²) in [7, 11) is 0. The van der Waals surface area contributed by atoms with Crippen molar-refractivity contribution < 1.29 is 18.9 Å². The quantitative estimate of drug-likeness (QED) is 0.498. The molecule has 0 aliphatic carbocycles. The lowest BCUT2D eigenvalue weighted by molar-refractivity contribution is 0.110. The number of ether oxygens (including phenoxy) is 4. The molecule has 0 N–H and O–H groups in total. The third-order valence-corrected chi connectivity index (χ3v) is 2.30. The molecule has 2 heterocycles. The average Bonchev–Trinajstić information content (AvgIpc) is 3.04. The molecule has 1 saturated heterocycles. The summed E-state index contributed by atoms with van der Waals surface area (Å²) in [6.45, 7) is 4.21. The second kappa shape index (κ2) is 5.19. The SMILES string of the molecule is CC1=C(CCCOCC2CO2)OC=CO1. The van der Waals surface area contributed by atoms with E-state index in [2.05, 4.69) is 0 Å². The molecule has 0 aromatic heterocycles. The van der Waals surface area contributed by atoms with E-state index in [-0.39, 0.29) is 0 Å². The topological polar surface area (TPSA) is 40.2 Å². The summed E-state index contributed by atoms with van der Waals surface area (Å²) in [4.78, 5) is 0. The molecule has 0 aromatic rings. The fourth-order valence-electron chi connectivity index (χ4n) is 1.34. The van der Waals surface area contributed by atoms with Crippen LogP contribution in [0.25, 0.3) is 0 Å². The highest BCUT2D eigenvalue weighted by Crippen LogP contribution is 2.18. The van der Waals surface area contributed by atoms with Crippen LogP contribution in [0, 0.1) is 0 Å². The number of rotatable bonds is 6. The molecule has 2 aliphatic heterocycles. The van der Waals surface area contributed by atoms with Crippen molar-refractivity contribution in [2.24, 2.45) is 0 Å². The summed E-state index contributed by atoms with van der Waals surface area (Å²) in [5, 5.41) is 0. The van der Waals surface area contributed by atoms with E-state index in [0.717, 1.165) is 44.2 Å². The Balaban J connectivity index is 1.56. The Morgan fingerprint density at radius 1 is 1.40 bits per heavy atom. The zero-order valence-electron chi connectivity index (χ0n) is 8.90. The molecule has 0 saturated carbocycles. The minimum Gasteiger partial charge on any atom is -0.463 e. The third kappa shape index (κ3) is 3.57. The smallest absolute Gasteiger partial charge is 0.141 e. The zero-order chi connectivity index (χ0) is 10.5. The van der Waals surface area contributed by atoms with E-state index in [0.29, 0.717) is 6.10 Å². The van der Waals surface area contributed by atoms with E-state index in [1.54, 1.807) is 12.5 Å². The first-order chi connectivity index (χ1) is 7.36. The minimum atomic E-state index is 0.350. The predicted octanol–water partition coefficient (Wildman–Crippen LogP) is 1.93. The first-order valence-corrected chi connectivity index (χ1v) is 5.23. The molecule has 1 unspecified atom stereocenters. The summed E-state index contributed by atoms with van der Waals surface area (Å²) in [5.74, 6) is 1.73.